The molecule has 2 aromatic heterocycles. The average molecular weight is 208 g/mol. The van der Waals surface area contributed by atoms with Crippen molar-refractivity contribution in [2.45, 2.75) is 34.6 Å². The quantitative estimate of drug-likeness (QED) is 0.668. The molecule has 0 amide bonds. The lowest BCUT2D eigenvalue weighted by atomic mass is 10.4. The van der Waals surface area contributed by atoms with E-state index in [-0.39, 0.29) is 0 Å². The molecule has 84 valence electrons. The van der Waals surface area contributed by atoms with Crippen LogP contribution in [0.2, 0.25) is 0 Å². The van der Waals surface area contributed by atoms with Gasteiger partial charge < -0.3 is 4.57 Å². The Morgan fingerprint density at radius 1 is 1.00 bits per heavy atom. The topological polar surface area (TPSA) is 43.6 Å². The van der Waals surface area contributed by atoms with Crippen molar-refractivity contribution in [2.24, 2.45) is 7.05 Å². The molecule has 0 saturated carbocycles. The zero-order valence-corrected chi connectivity index (χ0v) is 10.4. The molecule has 4 heteroatoms. The van der Waals surface area contributed by atoms with Crippen molar-refractivity contribution in [3.8, 4) is 0 Å². The Balaban J connectivity index is 0.000000442. The summed E-state index contributed by atoms with van der Waals surface area (Å²) in [6, 6.07) is 0. The smallest absolute Gasteiger partial charge is 0.163 e. The molecule has 0 saturated heterocycles. The van der Waals surface area contributed by atoms with Gasteiger partial charge in [0.15, 0.2) is 5.65 Å². The molecule has 4 nitrogen and oxygen atoms in total. The van der Waals surface area contributed by atoms with Crippen LogP contribution in [0.15, 0.2) is 12.7 Å². The van der Waals surface area contributed by atoms with Crippen molar-refractivity contribution >= 4 is 11.2 Å². The van der Waals surface area contributed by atoms with Gasteiger partial charge in [0, 0.05) is 7.05 Å². The van der Waals surface area contributed by atoms with Gasteiger partial charge in [-0.3, -0.25) is 0 Å². The minimum atomic E-state index is 0.884. The van der Waals surface area contributed by atoms with Crippen LogP contribution in [0.4, 0.5) is 0 Å². The first kappa shape index (κ1) is 13.5. The van der Waals surface area contributed by atoms with Crippen molar-refractivity contribution in [1.82, 2.24) is 19.5 Å². The zero-order chi connectivity index (χ0) is 11.8. The summed E-state index contributed by atoms with van der Waals surface area (Å²) in [5.41, 5.74) is 2.70. The number of aryl methyl sites for hydroxylation is 2. The zero-order valence-electron chi connectivity index (χ0n) is 10.4. The lowest BCUT2D eigenvalue weighted by Gasteiger charge is -1.92. The van der Waals surface area contributed by atoms with E-state index in [2.05, 4.69) is 15.0 Å². The normalized spacial score (nSPS) is 8.67. The van der Waals surface area contributed by atoms with E-state index in [9.17, 15) is 0 Å². The second-order valence-electron chi connectivity index (χ2n) is 2.49. The molecule has 0 N–H and O–H groups in total. The van der Waals surface area contributed by atoms with E-state index in [1.807, 2.05) is 46.2 Å². The fourth-order valence-corrected chi connectivity index (χ4v) is 1.06. The maximum Gasteiger partial charge on any atom is 0.163 e. The van der Waals surface area contributed by atoms with E-state index in [4.69, 9.17) is 0 Å². The van der Waals surface area contributed by atoms with Gasteiger partial charge in [-0.25, -0.2) is 15.0 Å². The van der Waals surface area contributed by atoms with Crippen LogP contribution in [-0.2, 0) is 7.05 Å². The Labute approximate surface area is 91.4 Å². The summed E-state index contributed by atoms with van der Waals surface area (Å²) >= 11 is 0. The van der Waals surface area contributed by atoms with E-state index in [1.54, 1.807) is 12.7 Å². The summed E-state index contributed by atoms with van der Waals surface area (Å²) in [4.78, 5) is 12.3. The average Bonchev–Trinajstić information content (AvgIpc) is 2.68. The van der Waals surface area contributed by atoms with Gasteiger partial charge in [0.1, 0.15) is 11.8 Å². The molecule has 0 bridgehead atoms. The van der Waals surface area contributed by atoms with Gasteiger partial charge in [0.05, 0.1) is 12.0 Å². The van der Waals surface area contributed by atoms with E-state index in [0.717, 1.165) is 16.9 Å². The van der Waals surface area contributed by atoms with E-state index < -0.39 is 0 Å². The van der Waals surface area contributed by atoms with Crippen LogP contribution in [0.25, 0.3) is 11.2 Å². The number of hydrogen-bond donors (Lipinski definition) is 0. The monoisotopic (exact) mass is 208 g/mol. The number of fused-ring (bicyclic) bond motifs is 1. The SMILES string of the molecule is CC.CC.Cc1ncnc2c1ncn2C. The van der Waals surface area contributed by atoms with Crippen molar-refractivity contribution < 1.29 is 0 Å². The standard InChI is InChI=1S/C7H8N4.2C2H6/c1-5-6-7(9-3-8-5)11(2)4-10-6;2*1-2/h3-4H,1-2H3;2*1-2H3. The van der Waals surface area contributed by atoms with Gasteiger partial charge in [-0.2, -0.15) is 0 Å². The molecular weight excluding hydrogens is 188 g/mol. The molecule has 2 rings (SSSR count). The summed E-state index contributed by atoms with van der Waals surface area (Å²) < 4.78 is 1.88. The number of hydrogen-bond acceptors (Lipinski definition) is 3. The van der Waals surface area contributed by atoms with Gasteiger partial charge in [-0.05, 0) is 6.92 Å². The number of aromatic nitrogens is 4. The molecule has 0 spiro atoms. The molecular formula is C11H20N4. The molecule has 0 aliphatic rings. The van der Waals surface area contributed by atoms with Gasteiger partial charge in [0.25, 0.3) is 0 Å². The Hall–Kier alpha value is -1.45. The van der Waals surface area contributed by atoms with Crippen LogP contribution in [0.3, 0.4) is 0 Å². The molecule has 2 heterocycles. The van der Waals surface area contributed by atoms with Crippen LogP contribution < -0.4 is 0 Å². The van der Waals surface area contributed by atoms with Gasteiger partial charge in [-0.15, -0.1) is 0 Å². The summed E-state index contributed by atoms with van der Waals surface area (Å²) in [5.74, 6) is 0. The number of rotatable bonds is 0. The van der Waals surface area contributed by atoms with E-state index in [0.29, 0.717) is 0 Å². The highest BCUT2D eigenvalue weighted by molar-refractivity contribution is 5.72. The Morgan fingerprint density at radius 2 is 1.60 bits per heavy atom. The summed E-state index contributed by atoms with van der Waals surface area (Å²) in [6.07, 6.45) is 3.30. The Kier molecular flexibility index (Phi) is 6.25. The predicted octanol–water partition coefficient (Wildman–Crippen LogP) is 2.72. The molecule has 0 atom stereocenters. The molecule has 0 fully saturated rings. The predicted molar refractivity (Wildman–Crippen MR) is 63.7 cm³/mol. The second kappa shape index (κ2) is 6.92. The first-order valence-electron chi connectivity index (χ1n) is 5.37. The third-order valence-electron chi connectivity index (χ3n) is 1.68. The molecule has 0 aliphatic carbocycles. The summed E-state index contributed by atoms with van der Waals surface area (Å²) in [5, 5.41) is 0. The molecule has 0 aromatic carbocycles. The highest BCUT2D eigenvalue weighted by Crippen LogP contribution is 2.09. The van der Waals surface area contributed by atoms with Crippen LogP contribution in [0.5, 0.6) is 0 Å². The van der Waals surface area contributed by atoms with Gasteiger partial charge in [-0.1, -0.05) is 27.7 Å². The summed E-state index contributed by atoms with van der Waals surface area (Å²) in [7, 11) is 1.92. The van der Waals surface area contributed by atoms with Gasteiger partial charge >= 0.3 is 0 Å². The third-order valence-corrected chi connectivity index (χ3v) is 1.68. The Bertz CT molecular complexity index is 392. The van der Waals surface area contributed by atoms with Crippen LogP contribution in [0, 0.1) is 6.92 Å². The highest BCUT2D eigenvalue weighted by Gasteiger charge is 2.02. The van der Waals surface area contributed by atoms with Gasteiger partial charge in [0.2, 0.25) is 0 Å². The molecule has 0 radical (unpaired) electrons. The highest BCUT2D eigenvalue weighted by atomic mass is 15.1. The van der Waals surface area contributed by atoms with Crippen molar-refractivity contribution in [2.75, 3.05) is 0 Å². The van der Waals surface area contributed by atoms with Crippen LogP contribution >= 0.6 is 0 Å². The fourth-order valence-electron chi connectivity index (χ4n) is 1.06. The maximum absolute atomic E-state index is 4.16. The lowest BCUT2D eigenvalue weighted by Crippen LogP contribution is -1.90. The molecule has 0 aliphatic heterocycles. The molecule has 0 unspecified atom stereocenters. The summed E-state index contributed by atoms with van der Waals surface area (Å²) in [6.45, 7) is 9.93. The molecule has 15 heavy (non-hydrogen) atoms. The first-order valence-corrected chi connectivity index (χ1v) is 5.37. The third kappa shape index (κ3) is 3.01. The fraction of sp³-hybridized carbons (Fsp3) is 0.545. The first-order chi connectivity index (χ1) is 7.29. The number of nitrogens with zero attached hydrogens (tertiary/aromatic N) is 4. The number of imidazole rings is 1. The lowest BCUT2D eigenvalue weighted by molar-refractivity contribution is 0.927. The minimum Gasteiger partial charge on any atom is -0.318 e. The van der Waals surface area contributed by atoms with E-state index >= 15 is 0 Å². The molecule has 2 aromatic rings. The van der Waals surface area contributed by atoms with Crippen molar-refractivity contribution in [3.05, 3.63) is 18.3 Å². The maximum atomic E-state index is 4.16. The van der Waals surface area contributed by atoms with Crippen LogP contribution in [0.1, 0.15) is 33.4 Å². The second-order valence-corrected chi connectivity index (χ2v) is 2.49. The Morgan fingerprint density at radius 3 is 2.13 bits per heavy atom. The minimum absolute atomic E-state index is 0.884. The van der Waals surface area contributed by atoms with Crippen molar-refractivity contribution in [1.29, 1.82) is 0 Å². The van der Waals surface area contributed by atoms with Crippen molar-refractivity contribution in [3.63, 3.8) is 0 Å². The van der Waals surface area contributed by atoms with E-state index in [1.165, 1.54) is 0 Å². The largest absolute Gasteiger partial charge is 0.318 e. The van der Waals surface area contributed by atoms with Crippen LogP contribution in [-0.4, -0.2) is 19.5 Å².